The van der Waals surface area contributed by atoms with E-state index < -0.39 is 24.5 Å². The maximum atomic E-state index is 10.3. The first-order chi connectivity index (χ1) is 10.2. The van der Waals surface area contributed by atoms with Gasteiger partial charge in [0.1, 0.15) is 30.2 Å². The number of aliphatic hydroxyl groups is 2. The highest BCUT2D eigenvalue weighted by molar-refractivity contribution is 5.82. The molecule has 3 N–H and O–H groups in total. The number of aliphatic hydroxyl groups excluding tert-OH is 2. The molecule has 1 fully saturated rings. The Balaban J connectivity index is 2.01. The number of nitrogens with one attached hydrogen (secondary N) is 1. The molecular weight excluding hydrogens is 278 g/mol. The van der Waals surface area contributed by atoms with Crippen LogP contribution < -0.4 is 5.32 Å². The molecule has 2 aromatic heterocycles. The second-order valence-electron chi connectivity index (χ2n) is 4.73. The van der Waals surface area contributed by atoms with E-state index in [9.17, 15) is 10.2 Å². The largest absolute Gasteiger partial charge is 0.394 e. The van der Waals surface area contributed by atoms with Crippen molar-refractivity contribution in [1.29, 1.82) is 0 Å². The minimum Gasteiger partial charge on any atom is -0.394 e. The van der Waals surface area contributed by atoms with Crippen LogP contribution in [0, 0.1) is 0 Å². The molecule has 0 aliphatic carbocycles. The van der Waals surface area contributed by atoms with Gasteiger partial charge in [0.2, 0.25) is 0 Å². The van der Waals surface area contributed by atoms with Crippen molar-refractivity contribution in [2.24, 2.45) is 0 Å². The fraction of sp³-hybridized carbons (Fsp3) is 0.583. The predicted octanol–water partition coefficient (Wildman–Crippen LogP) is -0.866. The molecule has 1 aliphatic rings. The zero-order valence-corrected chi connectivity index (χ0v) is 11.7. The van der Waals surface area contributed by atoms with Crippen molar-refractivity contribution >= 4 is 17.0 Å². The van der Waals surface area contributed by atoms with Gasteiger partial charge >= 0.3 is 0 Å². The molecule has 0 bridgehead atoms. The smallest absolute Gasteiger partial charge is 0.167 e. The summed E-state index contributed by atoms with van der Waals surface area (Å²) in [6, 6.07) is 0. The molecule has 0 unspecified atom stereocenters. The fourth-order valence-corrected chi connectivity index (χ4v) is 2.61. The first-order valence-electron chi connectivity index (χ1n) is 6.53. The van der Waals surface area contributed by atoms with E-state index >= 15 is 0 Å². The average Bonchev–Trinajstić information content (AvgIpc) is 3.07. The van der Waals surface area contributed by atoms with Crippen LogP contribution in [-0.4, -0.2) is 68.8 Å². The Morgan fingerprint density at radius 2 is 2.24 bits per heavy atom. The van der Waals surface area contributed by atoms with Crippen molar-refractivity contribution in [3.8, 4) is 0 Å². The van der Waals surface area contributed by atoms with Crippen LogP contribution in [0.3, 0.4) is 0 Å². The number of aromatic nitrogens is 4. The normalized spacial score (nSPS) is 29.1. The summed E-state index contributed by atoms with van der Waals surface area (Å²) in [5, 5.41) is 22.6. The summed E-state index contributed by atoms with van der Waals surface area (Å²) in [7, 11) is 3.21. The van der Waals surface area contributed by atoms with Gasteiger partial charge in [0, 0.05) is 14.2 Å². The van der Waals surface area contributed by atoms with E-state index in [1.165, 1.54) is 19.8 Å². The third-order valence-corrected chi connectivity index (χ3v) is 3.63. The second kappa shape index (κ2) is 5.53. The molecule has 1 saturated heterocycles. The summed E-state index contributed by atoms with van der Waals surface area (Å²) in [5.74, 6) is 0.591. The van der Waals surface area contributed by atoms with Gasteiger partial charge in [-0.1, -0.05) is 0 Å². The van der Waals surface area contributed by atoms with Crippen LogP contribution in [-0.2, 0) is 9.47 Å². The molecular formula is C12H17N5O4. The number of hydrogen-bond donors (Lipinski definition) is 3. The van der Waals surface area contributed by atoms with Crippen LogP contribution in [0.1, 0.15) is 6.23 Å². The van der Waals surface area contributed by atoms with Gasteiger partial charge in [-0.15, -0.1) is 0 Å². The molecule has 2 aromatic rings. The van der Waals surface area contributed by atoms with E-state index in [0.29, 0.717) is 17.0 Å². The monoisotopic (exact) mass is 295 g/mol. The summed E-state index contributed by atoms with van der Waals surface area (Å²) in [4.78, 5) is 12.5. The van der Waals surface area contributed by atoms with Crippen molar-refractivity contribution < 1.29 is 19.7 Å². The van der Waals surface area contributed by atoms with E-state index in [-0.39, 0.29) is 6.61 Å². The van der Waals surface area contributed by atoms with Crippen molar-refractivity contribution in [3.63, 3.8) is 0 Å². The zero-order valence-electron chi connectivity index (χ0n) is 11.7. The van der Waals surface area contributed by atoms with Crippen LogP contribution in [0.5, 0.6) is 0 Å². The number of imidazole rings is 1. The molecule has 0 aromatic carbocycles. The molecule has 9 heteroatoms. The molecule has 0 radical (unpaired) electrons. The van der Waals surface area contributed by atoms with Gasteiger partial charge in [-0.3, -0.25) is 4.57 Å². The summed E-state index contributed by atoms with van der Waals surface area (Å²) in [6.45, 7) is -0.241. The first kappa shape index (κ1) is 14.1. The van der Waals surface area contributed by atoms with Gasteiger partial charge in [-0.05, 0) is 0 Å². The molecule has 3 rings (SSSR count). The van der Waals surface area contributed by atoms with Crippen LogP contribution in [0.2, 0.25) is 0 Å². The summed E-state index contributed by atoms with van der Waals surface area (Å²) < 4.78 is 12.5. The van der Waals surface area contributed by atoms with E-state index in [4.69, 9.17) is 9.47 Å². The van der Waals surface area contributed by atoms with E-state index in [1.807, 2.05) is 0 Å². The Morgan fingerprint density at radius 3 is 2.86 bits per heavy atom. The summed E-state index contributed by atoms with van der Waals surface area (Å²) in [6.07, 6.45) is 0.0707. The summed E-state index contributed by atoms with van der Waals surface area (Å²) in [5.41, 5.74) is 1.11. The van der Waals surface area contributed by atoms with Crippen molar-refractivity contribution in [1.82, 2.24) is 19.5 Å². The predicted molar refractivity (Wildman–Crippen MR) is 72.7 cm³/mol. The molecule has 0 saturated carbocycles. The topological polar surface area (TPSA) is 115 Å². The number of hydrogen-bond acceptors (Lipinski definition) is 8. The Hall–Kier alpha value is -1.81. The van der Waals surface area contributed by atoms with Crippen molar-refractivity contribution in [3.05, 3.63) is 12.7 Å². The number of fused-ring (bicyclic) bond motifs is 1. The van der Waals surface area contributed by atoms with Gasteiger partial charge < -0.3 is 25.0 Å². The van der Waals surface area contributed by atoms with Gasteiger partial charge in [0.25, 0.3) is 0 Å². The lowest BCUT2D eigenvalue weighted by Gasteiger charge is -2.17. The van der Waals surface area contributed by atoms with Gasteiger partial charge in [0.05, 0.1) is 12.9 Å². The van der Waals surface area contributed by atoms with Crippen molar-refractivity contribution in [2.45, 2.75) is 24.5 Å². The van der Waals surface area contributed by atoms with Gasteiger partial charge in [-0.2, -0.15) is 0 Å². The van der Waals surface area contributed by atoms with E-state index in [0.717, 1.165) is 0 Å². The second-order valence-corrected chi connectivity index (χ2v) is 4.73. The van der Waals surface area contributed by atoms with Crippen LogP contribution >= 0.6 is 0 Å². The first-order valence-corrected chi connectivity index (χ1v) is 6.53. The number of nitrogens with zero attached hydrogens (tertiary/aromatic N) is 4. The van der Waals surface area contributed by atoms with Crippen LogP contribution in [0.25, 0.3) is 11.2 Å². The zero-order chi connectivity index (χ0) is 15.0. The number of ether oxygens (including phenoxy) is 2. The molecule has 1 aliphatic heterocycles. The molecule has 114 valence electrons. The molecule has 9 nitrogen and oxygen atoms in total. The van der Waals surface area contributed by atoms with Crippen molar-refractivity contribution in [2.75, 3.05) is 26.1 Å². The Kier molecular flexibility index (Phi) is 3.72. The third-order valence-electron chi connectivity index (χ3n) is 3.63. The Labute approximate surface area is 120 Å². The minimum atomic E-state index is -0.933. The standard InChI is InChI=1S/C12H17N5O4/c1-13-10-7-11(15-4-14-10)17(5-16-7)12-8(19)9(20-2)6(3-18)21-12/h4-6,8-9,12,18-19H,3H2,1-2H3,(H,13,14,15)/t6-,8-,9-,12-/m1/s1. The lowest BCUT2D eigenvalue weighted by Crippen LogP contribution is -2.35. The average molecular weight is 295 g/mol. The minimum absolute atomic E-state index is 0.241. The Bertz CT molecular complexity index is 633. The third kappa shape index (κ3) is 2.14. The van der Waals surface area contributed by atoms with Crippen LogP contribution in [0.4, 0.5) is 5.82 Å². The van der Waals surface area contributed by atoms with Gasteiger partial charge in [0.15, 0.2) is 17.7 Å². The lowest BCUT2D eigenvalue weighted by molar-refractivity contribution is -0.0535. The molecule has 21 heavy (non-hydrogen) atoms. The number of anilines is 1. The van der Waals surface area contributed by atoms with E-state index in [2.05, 4.69) is 20.3 Å². The highest BCUT2D eigenvalue weighted by atomic mass is 16.6. The summed E-state index contributed by atoms with van der Waals surface area (Å²) >= 11 is 0. The number of rotatable bonds is 4. The van der Waals surface area contributed by atoms with Gasteiger partial charge in [-0.25, -0.2) is 15.0 Å². The highest BCUT2D eigenvalue weighted by Crippen LogP contribution is 2.33. The molecule has 3 heterocycles. The van der Waals surface area contributed by atoms with E-state index in [1.54, 1.807) is 11.6 Å². The quantitative estimate of drug-likeness (QED) is 0.667. The SMILES string of the molecule is CNc1ncnc2c1ncn2[C@@H]1O[C@H](CO)[C@@H](OC)[C@H]1O. The lowest BCUT2D eigenvalue weighted by atomic mass is 10.1. The van der Waals surface area contributed by atoms with Crippen LogP contribution in [0.15, 0.2) is 12.7 Å². The molecule has 4 atom stereocenters. The molecule has 0 spiro atoms. The maximum absolute atomic E-state index is 10.3. The maximum Gasteiger partial charge on any atom is 0.167 e. The Morgan fingerprint density at radius 1 is 1.43 bits per heavy atom. The number of methoxy groups -OCH3 is 1. The molecule has 0 amide bonds. The fourth-order valence-electron chi connectivity index (χ4n) is 2.61. The highest BCUT2D eigenvalue weighted by Gasteiger charge is 2.45.